The van der Waals surface area contributed by atoms with Crippen LogP contribution in [0.1, 0.15) is 31.7 Å². The largest absolute Gasteiger partial charge is 0.329 e. The first kappa shape index (κ1) is 9.83. The Labute approximate surface area is 105 Å². The fourth-order valence-corrected chi connectivity index (χ4v) is 4.12. The Hall–Kier alpha value is -1.16. The summed E-state index contributed by atoms with van der Waals surface area (Å²) in [5.41, 5.74) is 2.11. The average molecular weight is 245 g/mol. The minimum absolute atomic E-state index is 0.588. The van der Waals surface area contributed by atoms with Gasteiger partial charge in [0, 0.05) is 12.2 Å². The van der Waals surface area contributed by atoms with E-state index in [2.05, 4.69) is 20.6 Å². The molecule has 4 heteroatoms. The molecule has 3 unspecified atom stereocenters. The van der Waals surface area contributed by atoms with E-state index >= 15 is 0 Å². The Morgan fingerprint density at radius 2 is 2.29 bits per heavy atom. The fraction of sp³-hybridized carbons (Fsp3) is 0.538. The number of H-pyrrole nitrogens is 1. The van der Waals surface area contributed by atoms with Crippen LogP contribution in [0.15, 0.2) is 18.3 Å². The van der Waals surface area contributed by atoms with Crippen molar-refractivity contribution in [1.82, 2.24) is 14.5 Å². The van der Waals surface area contributed by atoms with Crippen molar-refractivity contribution in [3.63, 3.8) is 0 Å². The van der Waals surface area contributed by atoms with E-state index in [0.717, 1.165) is 27.8 Å². The number of nitrogens with zero attached hydrogens (tertiary/aromatic N) is 2. The van der Waals surface area contributed by atoms with Gasteiger partial charge in [-0.3, -0.25) is 4.57 Å². The van der Waals surface area contributed by atoms with Crippen molar-refractivity contribution in [3.8, 4) is 0 Å². The van der Waals surface area contributed by atoms with Gasteiger partial charge in [-0.2, -0.15) is 0 Å². The monoisotopic (exact) mass is 245 g/mol. The highest BCUT2D eigenvalue weighted by Crippen LogP contribution is 2.51. The third-order valence-corrected chi connectivity index (χ3v) is 4.81. The van der Waals surface area contributed by atoms with Crippen molar-refractivity contribution in [2.75, 3.05) is 0 Å². The van der Waals surface area contributed by atoms with Crippen molar-refractivity contribution < 1.29 is 0 Å². The second kappa shape index (κ2) is 3.42. The zero-order chi connectivity index (χ0) is 11.4. The number of hydrogen-bond acceptors (Lipinski definition) is 2. The van der Waals surface area contributed by atoms with E-state index in [4.69, 9.17) is 12.2 Å². The van der Waals surface area contributed by atoms with E-state index in [-0.39, 0.29) is 0 Å². The third-order valence-electron chi connectivity index (χ3n) is 4.51. The van der Waals surface area contributed by atoms with E-state index in [1.165, 1.54) is 25.7 Å². The highest BCUT2D eigenvalue weighted by Gasteiger charge is 2.41. The molecule has 88 valence electrons. The number of imidazole rings is 1. The molecule has 0 amide bonds. The summed E-state index contributed by atoms with van der Waals surface area (Å²) in [5, 5.41) is 0. The Morgan fingerprint density at radius 1 is 1.35 bits per heavy atom. The Balaban J connectivity index is 1.90. The maximum absolute atomic E-state index is 5.47. The molecule has 2 aromatic rings. The first-order chi connectivity index (χ1) is 8.33. The smallest absolute Gasteiger partial charge is 0.179 e. The van der Waals surface area contributed by atoms with Crippen molar-refractivity contribution >= 4 is 23.4 Å². The summed E-state index contributed by atoms with van der Waals surface area (Å²) >= 11 is 5.47. The maximum Gasteiger partial charge on any atom is 0.179 e. The molecule has 2 aliphatic carbocycles. The molecule has 0 aromatic carbocycles. The molecule has 2 saturated carbocycles. The third kappa shape index (κ3) is 1.33. The Kier molecular flexibility index (Phi) is 1.98. The van der Waals surface area contributed by atoms with Crippen LogP contribution >= 0.6 is 12.2 Å². The van der Waals surface area contributed by atoms with E-state index in [0.29, 0.717) is 6.04 Å². The zero-order valence-electron chi connectivity index (χ0n) is 9.60. The van der Waals surface area contributed by atoms with Crippen molar-refractivity contribution in [2.45, 2.75) is 31.7 Å². The number of rotatable bonds is 1. The second-order valence-corrected chi connectivity index (χ2v) is 5.80. The molecule has 3 nitrogen and oxygen atoms in total. The standard InChI is InChI=1S/C13H15N3S/c17-13-15-10-2-1-5-14-12(10)16(13)11-7-8-3-4-9(11)6-8/h1-2,5,8-9,11H,3-4,6-7H2,(H,15,17). The van der Waals surface area contributed by atoms with E-state index in [1.807, 2.05) is 12.3 Å². The summed E-state index contributed by atoms with van der Waals surface area (Å²) in [6, 6.07) is 4.60. The van der Waals surface area contributed by atoms with Crippen LogP contribution in [-0.2, 0) is 0 Å². The maximum atomic E-state index is 5.47. The fourth-order valence-electron chi connectivity index (χ4n) is 3.79. The van der Waals surface area contributed by atoms with Crippen LogP contribution in [0.2, 0.25) is 0 Å². The topological polar surface area (TPSA) is 33.6 Å². The van der Waals surface area contributed by atoms with Gasteiger partial charge >= 0.3 is 0 Å². The van der Waals surface area contributed by atoms with Gasteiger partial charge in [-0.05, 0) is 55.4 Å². The van der Waals surface area contributed by atoms with Gasteiger partial charge in [-0.15, -0.1) is 0 Å². The minimum atomic E-state index is 0.588. The minimum Gasteiger partial charge on any atom is -0.329 e. The molecule has 2 aromatic heterocycles. The molecule has 3 atom stereocenters. The molecule has 0 spiro atoms. The Morgan fingerprint density at radius 3 is 3.06 bits per heavy atom. The van der Waals surface area contributed by atoms with Crippen LogP contribution in [-0.4, -0.2) is 14.5 Å². The normalized spacial score (nSPS) is 31.4. The molecule has 2 fully saturated rings. The van der Waals surface area contributed by atoms with Crippen molar-refractivity contribution in [1.29, 1.82) is 0 Å². The van der Waals surface area contributed by atoms with Crippen LogP contribution in [0, 0.1) is 16.6 Å². The van der Waals surface area contributed by atoms with Gasteiger partial charge in [-0.25, -0.2) is 4.98 Å². The number of nitrogens with one attached hydrogen (secondary N) is 1. The van der Waals surface area contributed by atoms with Crippen LogP contribution in [0.25, 0.3) is 11.2 Å². The Bertz CT molecular complexity index is 627. The van der Waals surface area contributed by atoms with Gasteiger partial charge in [0.15, 0.2) is 10.4 Å². The van der Waals surface area contributed by atoms with E-state index in [1.54, 1.807) is 0 Å². The highest BCUT2D eigenvalue weighted by molar-refractivity contribution is 7.71. The molecule has 2 bridgehead atoms. The van der Waals surface area contributed by atoms with Gasteiger partial charge < -0.3 is 4.98 Å². The number of fused-ring (bicyclic) bond motifs is 3. The SMILES string of the molecule is S=c1[nH]c2cccnc2n1C1CC2CCC1C2. The zero-order valence-corrected chi connectivity index (χ0v) is 10.4. The molecule has 1 N–H and O–H groups in total. The van der Waals surface area contributed by atoms with Gasteiger partial charge in [0.05, 0.1) is 5.52 Å². The molecule has 4 rings (SSSR count). The summed E-state index contributed by atoms with van der Waals surface area (Å²) in [6.07, 6.45) is 7.34. The molecular weight excluding hydrogens is 230 g/mol. The van der Waals surface area contributed by atoms with Gasteiger partial charge in [0.1, 0.15) is 0 Å². The van der Waals surface area contributed by atoms with Gasteiger partial charge in [-0.1, -0.05) is 6.42 Å². The lowest BCUT2D eigenvalue weighted by Gasteiger charge is -2.23. The van der Waals surface area contributed by atoms with Gasteiger partial charge in [0.25, 0.3) is 0 Å². The lowest BCUT2D eigenvalue weighted by atomic mass is 9.95. The number of pyridine rings is 1. The quantitative estimate of drug-likeness (QED) is 0.781. The molecule has 2 heterocycles. The summed E-state index contributed by atoms with van der Waals surface area (Å²) in [5.74, 6) is 1.76. The highest BCUT2D eigenvalue weighted by atomic mass is 32.1. The number of hydrogen-bond donors (Lipinski definition) is 1. The second-order valence-electron chi connectivity index (χ2n) is 5.42. The van der Waals surface area contributed by atoms with E-state index in [9.17, 15) is 0 Å². The lowest BCUT2D eigenvalue weighted by molar-refractivity contribution is 0.332. The summed E-state index contributed by atoms with van der Waals surface area (Å²) < 4.78 is 3.12. The number of aromatic nitrogens is 3. The molecule has 0 aliphatic heterocycles. The predicted octanol–water partition coefficient (Wildman–Crippen LogP) is 3.45. The molecule has 0 saturated heterocycles. The molecular formula is C13H15N3S. The van der Waals surface area contributed by atoms with Crippen molar-refractivity contribution in [3.05, 3.63) is 23.1 Å². The van der Waals surface area contributed by atoms with E-state index < -0.39 is 0 Å². The summed E-state index contributed by atoms with van der Waals surface area (Å²) in [6.45, 7) is 0. The molecule has 2 aliphatic rings. The van der Waals surface area contributed by atoms with Crippen LogP contribution < -0.4 is 0 Å². The molecule has 0 radical (unpaired) electrons. The average Bonchev–Trinajstić information content (AvgIpc) is 2.99. The van der Waals surface area contributed by atoms with Gasteiger partial charge in [0.2, 0.25) is 0 Å². The number of aromatic amines is 1. The van der Waals surface area contributed by atoms with Crippen LogP contribution in [0.4, 0.5) is 0 Å². The van der Waals surface area contributed by atoms with Crippen LogP contribution in [0.5, 0.6) is 0 Å². The predicted molar refractivity (Wildman–Crippen MR) is 69.4 cm³/mol. The summed E-state index contributed by atoms with van der Waals surface area (Å²) in [7, 11) is 0. The first-order valence-electron chi connectivity index (χ1n) is 6.38. The van der Waals surface area contributed by atoms with Crippen LogP contribution in [0.3, 0.4) is 0 Å². The first-order valence-corrected chi connectivity index (χ1v) is 6.79. The molecule has 17 heavy (non-hydrogen) atoms. The summed E-state index contributed by atoms with van der Waals surface area (Å²) in [4.78, 5) is 7.77. The van der Waals surface area contributed by atoms with Crippen molar-refractivity contribution in [2.24, 2.45) is 11.8 Å². The lowest BCUT2D eigenvalue weighted by Crippen LogP contribution is -2.16.